The molecule has 2 atom stereocenters. The molecule has 5 heteroatoms. The van der Waals surface area contributed by atoms with E-state index >= 15 is 0 Å². The zero-order chi connectivity index (χ0) is 22.0. The standard InChI is InChI=1S/C26H25ClN2O2/c1-31-25-8-3-2-7-21(25)18-9-11-22(17-5-4-6-20(28)13-17)26(15-18,16-30)23-12-10-19(27)14-24(23)29/h2-8,10,12-16,22H,9,11,28-29H2,1H3/t22-,26+/m0/s1. The Morgan fingerprint density at radius 2 is 1.87 bits per heavy atom. The second-order valence-electron chi connectivity index (χ2n) is 7.91. The summed E-state index contributed by atoms with van der Waals surface area (Å²) in [7, 11) is 1.65. The molecule has 0 heterocycles. The van der Waals surface area contributed by atoms with Crippen LogP contribution in [0.5, 0.6) is 5.75 Å². The first kappa shape index (κ1) is 21.0. The van der Waals surface area contributed by atoms with Crippen molar-refractivity contribution in [3.8, 4) is 5.75 Å². The van der Waals surface area contributed by atoms with Gasteiger partial charge in [-0.1, -0.05) is 54.1 Å². The molecule has 0 radical (unpaired) electrons. The van der Waals surface area contributed by atoms with Crippen LogP contribution >= 0.6 is 11.6 Å². The molecule has 4 N–H and O–H groups in total. The number of methoxy groups -OCH3 is 1. The Hall–Kier alpha value is -3.24. The minimum absolute atomic E-state index is 0.115. The summed E-state index contributed by atoms with van der Waals surface area (Å²) in [4.78, 5) is 12.9. The first-order chi connectivity index (χ1) is 15.0. The number of aldehydes is 1. The average molecular weight is 433 g/mol. The lowest BCUT2D eigenvalue weighted by atomic mass is 9.62. The van der Waals surface area contributed by atoms with Gasteiger partial charge >= 0.3 is 0 Å². The van der Waals surface area contributed by atoms with Gasteiger partial charge in [0.1, 0.15) is 12.0 Å². The van der Waals surface area contributed by atoms with Crippen molar-refractivity contribution in [2.45, 2.75) is 24.2 Å². The summed E-state index contributed by atoms with van der Waals surface area (Å²) in [5.41, 5.74) is 16.5. The van der Waals surface area contributed by atoms with Gasteiger partial charge in [0.25, 0.3) is 0 Å². The third-order valence-electron chi connectivity index (χ3n) is 6.13. The van der Waals surface area contributed by atoms with E-state index in [9.17, 15) is 4.79 Å². The Balaban J connectivity index is 1.97. The Morgan fingerprint density at radius 1 is 1.06 bits per heavy atom. The topological polar surface area (TPSA) is 78.3 Å². The van der Waals surface area contributed by atoms with Gasteiger partial charge in [-0.2, -0.15) is 0 Å². The summed E-state index contributed by atoms with van der Waals surface area (Å²) in [6.45, 7) is 0. The van der Waals surface area contributed by atoms with Gasteiger partial charge in [0.15, 0.2) is 0 Å². The van der Waals surface area contributed by atoms with Gasteiger partial charge < -0.3 is 21.0 Å². The number of allylic oxidation sites excluding steroid dienone is 2. The Bertz CT molecular complexity index is 1160. The first-order valence-electron chi connectivity index (χ1n) is 10.2. The van der Waals surface area contributed by atoms with Crippen molar-refractivity contribution in [2.24, 2.45) is 0 Å². The van der Waals surface area contributed by atoms with Crippen LogP contribution in [0.2, 0.25) is 5.02 Å². The number of ether oxygens (including phenoxy) is 1. The van der Waals surface area contributed by atoms with E-state index in [-0.39, 0.29) is 5.92 Å². The summed E-state index contributed by atoms with van der Waals surface area (Å²) in [6, 6.07) is 20.9. The largest absolute Gasteiger partial charge is 0.496 e. The van der Waals surface area contributed by atoms with Crippen molar-refractivity contribution >= 4 is 34.8 Å². The van der Waals surface area contributed by atoms with Crippen LogP contribution < -0.4 is 16.2 Å². The van der Waals surface area contributed by atoms with Crippen molar-refractivity contribution < 1.29 is 9.53 Å². The molecular weight excluding hydrogens is 408 g/mol. The maximum atomic E-state index is 12.9. The summed E-state index contributed by atoms with van der Waals surface area (Å²) >= 11 is 6.17. The predicted molar refractivity (Wildman–Crippen MR) is 127 cm³/mol. The molecule has 0 bridgehead atoms. The van der Waals surface area contributed by atoms with Crippen LogP contribution in [0.25, 0.3) is 5.57 Å². The van der Waals surface area contributed by atoms with Gasteiger partial charge in [-0.05, 0) is 59.9 Å². The Kier molecular flexibility index (Phi) is 5.75. The van der Waals surface area contributed by atoms with E-state index in [4.69, 9.17) is 27.8 Å². The molecule has 0 spiro atoms. The molecule has 0 saturated heterocycles. The van der Waals surface area contributed by atoms with Crippen LogP contribution in [0.3, 0.4) is 0 Å². The summed E-state index contributed by atoms with van der Waals surface area (Å²) in [5.74, 6) is 0.662. The molecule has 4 rings (SSSR count). The zero-order valence-corrected chi connectivity index (χ0v) is 18.1. The molecule has 3 aromatic rings. The highest BCUT2D eigenvalue weighted by molar-refractivity contribution is 6.30. The second-order valence-corrected chi connectivity index (χ2v) is 8.35. The van der Waals surface area contributed by atoms with E-state index < -0.39 is 5.41 Å². The quantitative estimate of drug-likeness (QED) is 0.405. The van der Waals surface area contributed by atoms with Gasteiger partial charge in [-0.25, -0.2) is 0 Å². The molecule has 1 aliphatic rings. The van der Waals surface area contributed by atoms with Crippen molar-refractivity contribution in [2.75, 3.05) is 18.6 Å². The molecule has 0 fully saturated rings. The lowest BCUT2D eigenvalue weighted by molar-refractivity contribution is -0.112. The van der Waals surface area contributed by atoms with E-state index in [2.05, 4.69) is 6.08 Å². The van der Waals surface area contributed by atoms with Crippen molar-refractivity contribution in [3.63, 3.8) is 0 Å². The lowest BCUT2D eigenvalue weighted by Crippen LogP contribution is -2.37. The number of carbonyl (C=O) groups is 1. The normalized spacial score (nSPS) is 20.7. The number of benzene rings is 3. The molecule has 0 aromatic heterocycles. The van der Waals surface area contributed by atoms with Gasteiger partial charge in [0, 0.05) is 27.9 Å². The highest BCUT2D eigenvalue weighted by Gasteiger charge is 2.44. The third-order valence-corrected chi connectivity index (χ3v) is 6.37. The monoisotopic (exact) mass is 432 g/mol. The third kappa shape index (κ3) is 3.79. The van der Waals surface area contributed by atoms with Gasteiger partial charge in [-0.3, -0.25) is 0 Å². The van der Waals surface area contributed by atoms with Crippen molar-refractivity contribution in [3.05, 3.63) is 94.5 Å². The fourth-order valence-electron chi connectivity index (χ4n) is 4.71. The van der Waals surface area contributed by atoms with E-state index in [1.54, 1.807) is 19.2 Å². The summed E-state index contributed by atoms with van der Waals surface area (Å²) < 4.78 is 5.58. The highest BCUT2D eigenvalue weighted by atomic mass is 35.5. The molecule has 31 heavy (non-hydrogen) atoms. The number of anilines is 2. The number of hydrogen-bond donors (Lipinski definition) is 2. The number of para-hydroxylation sites is 1. The molecule has 0 unspecified atom stereocenters. The van der Waals surface area contributed by atoms with Gasteiger partial charge in [-0.15, -0.1) is 0 Å². The van der Waals surface area contributed by atoms with Gasteiger partial charge in [0.2, 0.25) is 0 Å². The van der Waals surface area contributed by atoms with Crippen molar-refractivity contribution in [1.82, 2.24) is 0 Å². The number of halogens is 1. The predicted octanol–water partition coefficient (Wildman–Crippen LogP) is 5.61. The van der Waals surface area contributed by atoms with E-state index in [0.29, 0.717) is 16.4 Å². The second kappa shape index (κ2) is 8.48. The maximum absolute atomic E-state index is 12.9. The van der Waals surface area contributed by atoms with Crippen molar-refractivity contribution in [1.29, 1.82) is 0 Å². The van der Waals surface area contributed by atoms with Crippen LogP contribution in [0.15, 0.2) is 72.8 Å². The fraction of sp³-hybridized carbons (Fsp3) is 0.192. The highest BCUT2D eigenvalue weighted by Crippen LogP contribution is 2.51. The summed E-state index contributed by atoms with van der Waals surface area (Å²) in [5, 5.41) is 0.535. The minimum Gasteiger partial charge on any atom is -0.496 e. The first-order valence-corrected chi connectivity index (χ1v) is 10.6. The number of hydrogen-bond acceptors (Lipinski definition) is 4. The van der Waals surface area contributed by atoms with Crippen LogP contribution in [0.1, 0.15) is 35.4 Å². The minimum atomic E-state index is -0.961. The molecule has 0 aliphatic heterocycles. The smallest absolute Gasteiger partial charge is 0.135 e. The number of rotatable bonds is 5. The SMILES string of the molecule is COc1ccccc1C1=C[C@](C=O)(c2ccc(Cl)cc2N)[C@H](c2cccc(N)c2)CC1. The Labute approximate surface area is 187 Å². The Morgan fingerprint density at radius 3 is 2.58 bits per heavy atom. The van der Waals surface area contributed by atoms with E-state index in [1.165, 1.54) is 0 Å². The number of nitrogen functional groups attached to an aromatic ring is 2. The molecule has 158 valence electrons. The molecular formula is C26H25ClN2O2. The molecule has 0 saturated carbocycles. The lowest BCUT2D eigenvalue weighted by Gasteiger charge is -2.40. The van der Waals surface area contributed by atoms with Crippen LogP contribution in [-0.2, 0) is 10.2 Å². The molecule has 4 nitrogen and oxygen atoms in total. The molecule has 3 aromatic carbocycles. The molecule has 1 aliphatic carbocycles. The average Bonchev–Trinajstić information content (AvgIpc) is 2.78. The fourth-order valence-corrected chi connectivity index (χ4v) is 4.89. The summed E-state index contributed by atoms with van der Waals surface area (Å²) in [6.07, 6.45) is 4.61. The van der Waals surface area contributed by atoms with E-state index in [1.807, 2.05) is 54.6 Å². The number of nitrogens with two attached hydrogens (primary N) is 2. The van der Waals surface area contributed by atoms with Crippen LogP contribution in [0, 0.1) is 0 Å². The molecule has 0 amide bonds. The van der Waals surface area contributed by atoms with E-state index in [0.717, 1.165) is 47.1 Å². The maximum Gasteiger partial charge on any atom is 0.135 e. The zero-order valence-electron chi connectivity index (χ0n) is 17.3. The van der Waals surface area contributed by atoms with Crippen LogP contribution in [0.4, 0.5) is 11.4 Å². The van der Waals surface area contributed by atoms with Crippen LogP contribution in [-0.4, -0.2) is 13.4 Å². The van der Waals surface area contributed by atoms with Gasteiger partial charge in [0.05, 0.1) is 12.5 Å². The number of carbonyl (C=O) groups excluding carboxylic acids is 1.